The number of halogens is 1. The molecule has 0 unspecified atom stereocenters. The van der Waals surface area contributed by atoms with Crippen LogP contribution >= 0.6 is 11.6 Å². The lowest BCUT2D eigenvalue weighted by atomic mass is 10.1. The molecule has 0 aliphatic heterocycles. The van der Waals surface area contributed by atoms with Crippen LogP contribution in [0.2, 0.25) is 5.02 Å². The zero-order valence-corrected chi connectivity index (χ0v) is 19.8. The number of rotatable bonds is 3. The molecule has 0 fully saturated rings. The molecule has 1 aromatic heterocycles. The van der Waals surface area contributed by atoms with Crippen LogP contribution in [0.4, 0.5) is 0 Å². The van der Waals surface area contributed by atoms with Crippen molar-refractivity contribution in [1.29, 1.82) is 0 Å². The van der Waals surface area contributed by atoms with Crippen molar-refractivity contribution in [2.75, 3.05) is 0 Å². The molecule has 168 valence electrons. The molecule has 0 amide bonds. The van der Waals surface area contributed by atoms with Gasteiger partial charge in [0.2, 0.25) is 0 Å². The van der Waals surface area contributed by atoms with Gasteiger partial charge in [0, 0.05) is 16.1 Å². The van der Waals surface area contributed by atoms with E-state index in [4.69, 9.17) is 16.6 Å². The van der Waals surface area contributed by atoms with Gasteiger partial charge in [0.15, 0.2) is 0 Å². The minimum absolute atomic E-state index is 0.113. The summed E-state index contributed by atoms with van der Waals surface area (Å²) in [7, 11) is 0. The second-order valence-corrected chi connectivity index (χ2v) is 8.57. The van der Waals surface area contributed by atoms with Crippen LogP contribution in [0.15, 0.2) is 102 Å². The Bertz CT molecular complexity index is 1670. The quantitative estimate of drug-likeness (QED) is 0.267. The fourth-order valence-corrected chi connectivity index (χ4v) is 4.02. The van der Waals surface area contributed by atoms with E-state index < -0.39 is 0 Å². The SMILES string of the molecule is Cc1cc(C#Cc2ccccc2)ccc1-n1c(/C=C/c2ccc(Cl)cc2)nc2ccccc2c1=O. The Hall–Kier alpha value is -4.39. The van der Waals surface area contributed by atoms with E-state index in [1.807, 2.05) is 116 Å². The van der Waals surface area contributed by atoms with Gasteiger partial charge in [-0.1, -0.05) is 72.0 Å². The van der Waals surface area contributed by atoms with Gasteiger partial charge in [0.25, 0.3) is 5.56 Å². The van der Waals surface area contributed by atoms with E-state index in [9.17, 15) is 4.79 Å². The predicted octanol–water partition coefficient (Wildman–Crippen LogP) is 6.92. The summed E-state index contributed by atoms with van der Waals surface area (Å²) < 4.78 is 1.67. The van der Waals surface area contributed by atoms with Gasteiger partial charge in [-0.2, -0.15) is 0 Å². The van der Waals surface area contributed by atoms with Crippen molar-refractivity contribution >= 4 is 34.7 Å². The first-order valence-corrected chi connectivity index (χ1v) is 11.6. The maximum Gasteiger partial charge on any atom is 0.266 e. The molecule has 0 bridgehead atoms. The van der Waals surface area contributed by atoms with E-state index >= 15 is 0 Å². The first-order chi connectivity index (χ1) is 17.1. The van der Waals surface area contributed by atoms with Crippen LogP contribution in [0.3, 0.4) is 0 Å². The molecule has 0 radical (unpaired) electrons. The highest BCUT2D eigenvalue weighted by molar-refractivity contribution is 6.30. The third-order valence-electron chi connectivity index (χ3n) is 5.66. The second kappa shape index (κ2) is 9.85. The lowest BCUT2D eigenvalue weighted by molar-refractivity contribution is 0.934. The van der Waals surface area contributed by atoms with Crippen molar-refractivity contribution in [2.24, 2.45) is 0 Å². The van der Waals surface area contributed by atoms with Crippen molar-refractivity contribution < 1.29 is 0 Å². The maximum absolute atomic E-state index is 13.6. The molecule has 0 atom stereocenters. The number of benzene rings is 4. The Morgan fingerprint density at radius 2 is 1.51 bits per heavy atom. The topological polar surface area (TPSA) is 34.9 Å². The van der Waals surface area contributed by atoms with Crippen molar-refractivity contribution in [3.05, 3.63) is 141 Å². The minimum Gasteiger partial charge on any atom is -0.268 e. The van der Waals surface area contributed by atoms with Gasteiger partial charge in [-0.15, -0.1) is 0 Å². The second-order valence-electron chi connectivity index (χ2n) is 8.13. The minimum atomic E-state index is -0.113. The van der Waals surface area contributed by atoms with Gasteiger partial charge in [0.05, 0.1) is 16.6 Å². The number of aromatic nitrogens is 2. The molecule has 1 heterocycles. The van der Waals surface area contributed by atoms with Crippen LogP contribution in [0.25, 0.3) is 28.7 Å². The summed E-state index contributed by atoms with van der Waals surface area (Å²) in [5.74, 6) is 6.95. The highest BCUT2D eigenvalue weighted by atomic mass is 35.5. The molecular formula is C31H21ClN2O. The average molecular weight is 473 g/mol. The molecule has 0 saturated heterocycles. The molecule has 35 heavy (non-hydrogen) atoms. The zero-order valence-electron chi connectivity index (χ0n) is 19.1. The van der Waals surface area contributed by atoms with Gasteiger partial charge in [-0.05, 0) is 78.7 Å². The van der Waals surface area contributed by atoms with Crippen LogP contribution in [0, 0.1) is 18.8 Å². The number of aryl methyl sites for hydroxylation is 1. The normalized spacial score (nSPS) is 10.9. The molecule has 3 nitrogen and oxygen atoms in total. The molecule has 0 aliphatic carbocycles. The standard InChI is InChI=1S/C31H21ClN2O/c1-22-21-25(12-11-23-7-3-2-4-8-23)15-19-29(22)34-30(20-16-24-13-17-26(32)18-14-24)33-28-10-6-5-9-27(28)31(34)35/h2-10,13-21H,1H3/b20-16+. The largest absolute Gasteiger partial charge is 0.268 e. The molecule has 5 aromatic rings. The molecule has 0 spiro atoms. The van der Waals surface area contributed by atoms with Gasteiger partial charge >= 0.3 is 0 Å². The van der Waals surface area contributed by atoms with Crippen LogP contribution < -0.4 is 5.56 Å². The van der Waals surface area contributed by atoms with E-state index in [-0.39, 0.29) is 5.56 Å². The molecular weight excluding hydrogens is 452 g/mol. The number of nitrogens with zero attached hydrogens (tertiary/aromatic N) is 2. The number of hydrogen-bond acceptors (Lipinski definition) is 2. The highest BCUT2D eigenvalue weighted by Crippen LogP contribution is 2.20. The summed E-state index contributed by atoms with van der Waals surface area (Å²) >= 11 is 6.02. The Morgan fingerprint density at radius 1 is 0.800 bits per heavy atom. The first-order valence-electron chi connectivity index (χ1n) is 11.2. The van der Waals surface area contributed by atoms with E-state index in [2.05, 4.69) is 11.8 Å². The Kier molecular flexibility index (Phi) is 6.30. The fraction of sp³-hybridized carbons (Fsp3) is 0.0323. The zero-order chi connectivity index (χ0) is 24.2. The molecule has 0 aliphatic rings. The van der Waals surface area contributed by atoms with Crippen molar-refractivity contribution in [1.82, 2.24) is 9.55 Å². The van der Waals surface area contributed by atoms with E-state index in [1.165, 1.54) is 0 Å². The van der Waals surface area contributed by atoms with Gasteiger partial charge in [0.1, 0.15) is 5.82 Å². The highest BCUT2D eigenvalue weighted by Gasteiger charge is 2.13. The fourth-order valence-electron chi connectivity index (χ4n) is 3.89. The number of para-hydroxylation sites is 1. The van der Waals surface area contributed by atoms with Gasteiger partial charge < -0.3 is 0 Å². The number of hydrogen-bond donors (Lipinski definition) is 0. The molecule has 5 rings (SSSR count). The monoisotopic (exact) mass is 472 g/mol. The van der Waals surface area contributed by atoms with Crippen molar-refractivity contribution in [3.8, 4) is 17.5 Å². The first kappa shape index (κ1) is 22.4. The third kappa shape index (κ3) is 4.94. The van der Waals surface area contributed by atoms with E-state index in [0.29, 0.717) is 21.7 Å². The molecule has 4 aromatic carbocycles. The smallest absolute Gasteiger partial charge is 0.266 e. The Morgan fingerprint density at radius 3 is 2.29 bits per heavy atom. The van der Waals surface area contributed by atoms with Crippen LogP contribution in [-0.2, 0) is 0 Å². The van der Waals surface area contributed by atoms with Crippen molar-refractivity contribution in [3.63, 3.8) is 0 Å². The summed E-state index contributed by atoms with van der Waals surface area (Å²) in [5, 5.41) is 1.25. The lowest BCUT2D eigenvalue weighted by Crippen LogP contribution is -2.23. The van der Waals surface area contributed by atoms with Crippen LogP contribution in [0.1, 0.15) is 28.1 Å². The average Bonchev–Trinajstić information content (AvgIpc) is 2.88. The summed E-state index contributed by atoms with van der Waals surface area (Å²) in [6.45, 7) is 1.98. The van der Waals surface area contributed by atoms with Gasteiger partial charge in [-0.25, -0.2) is 4.98 Å². The van der Waals surface area contributed by atoms with Crippen LogP contribution in [-0.4, -0.2) is 9.55 Å². The van der Waals surface area contributed by atoms with Gasteiger partial charge in [-0.3, -0.25) is 9.36 Å². The molecule has 4 heteroatoms. The third-order valence-corrected chi connectivity index (χ3v) is 5.91. The number of fused-ring (bicyclic) bond motifs is 1. The molecule has 0 saturated carbocycles. The van der Waals surface area contributed by atoms with E-state index in [0.717, 1.165) is 27.9 Å². The summed E-state index contributed by atoms with van der Waals surface area (Å²) in [6.07, 6.45) is 3.79. The summed E-state index contributed by atoms with van der Waals surface area (Å²) in [6, 6.07) is 30.7. The Balaban J connectivity index is 1.61. The predicted molar refractivity (Wildman–Crippen MR) is 145 cm³/mol. The van der Waals surface area contributed by atoms with E-state index in [1.54, 1.807) is 4.57 Å². The summed E-state index contributed by atoms with van der Waals surface area (Å²) in [5.41, 5.74) is 5.06. The molecule has 0 N–H and O–H groups in total. The maximum atomic E-state index is 13.6. The van der Waals surface area contributed by atoms with Crippen molar-refractivity contribution in [2.45, 2.75) is 6.92 Å². The summed E-state index contributed by atoms with van der Waals surface area (Å²) in [4.78, 5) is 18.4. The lowest BCUT2D eigenvalue weighted by Gasteiger charge is -2.14. The Labute approximate surface area is 209 Å². The van der Waals surface area contributed by atoms with Crippen LogP contribution in [0.5, 0.6) is 0 Å².